The number of benzene rings is 1. The average Bonchev–Trinajstić information content (AvgIpc) is 2.56. The Hall–Kier alpha value is -0.310. The largest absolute Gasteiger partial charge is 0.192 e. The third kappa shape index (κ3) is 1.52. The molecule has 0 N–H and O–H groups in total. The van der Waals surface area contributed by atoms with Crippen LogP contribution in [-0.4, -0.2) is 0 Å². The Bertz CT molecular complexity index is 527. The zero-order chi connectivity index (χ0) is 10.1. The fourth-order valence-electron chi connectivity index (χ4n) is 1.37. The Balaban J connectivity index is 2.90. The number of hydrogen-bond acceptors (Lipinski definition) is 2. The Labute approximate surface area is 104 Å². The van der Waals surface area contributed by atoms with Gasteiger partial charge in [-0.25, -0.2) is 0 Å². The van der Waals surface area contributed by atoms with E-state index in [4.69, 9.17) is 16.9 Å². The molecule has 2 aromatic rings. The average molecular weight is 334 g/mol. The van der Waals surface area contributed by atoms with E-state index in [0.29, 0.717) is 5.88 Å². The third-order valence-corrected chi connectivity index (χ3v) is 4.45. The van der Waals surface area contributed by atoms with Crippen molar-refractivity contribution in [2.45, 2.75) is 5.88 Å². The zero-order valence-electron chi connectivity index (χ0n) is 7.05. The van der Waals surface area contributed by atoms with Gasteiger partial charge in [-0.05, 0) is 34.7 Å². The SMILES string of the molecule is N#Cc1c(CCl)sc2cccc(I)c12. The highest BCUT2D eigenvalue weighted by atomic mass is 127. The maximum absolute atomic E-state index is 9.06. The Morgan fingerprint density at radius 2 is 2.29 bits per heavy atom. The highest BCUT2D eigenvalue weighted by Gasteiger charge is 2.12. The van der Waals surface area contributed by atoms with Gasteiger partial charge in [-0.15, -0.1) is 22.9 Å². The predicted octanol–water partition coefficient (Wildman–Crippen LogP) is 4.12. The Kier molecular flexibility index (Phi) is 2.96. The minimum atomic E-state index is 0.415. The van der Waals surface area contributed by atoms with Crippen LogP contribution >= 0.6 is 45.5 Å². The summed E-state index contributed by atoms with van der Waals surface area (Å²) >= 11 is 9.64. The van der Waals surface area contributed by atoms with Crippen molar-refractivity contribution in [1.29, 1.82) is 5.26 Å². The van der Waals surface area contributed by atoms with Crippen LogP contribution in [0, 0.1) is 14.9 Å². The summed E-state index contributed by atoms with van der Waals surface area (Å²) in [4.78, 5) is 0.966. The molecule has 2 rings (SSSR count). The van der Waals surface area contributed by atoms with Crippen LogP contribution in [0.2, 0.25) is 0 Å². The Morgan fingerprint density at radius 1 is 1.50 bits per heavy atom. The molecule has 0 aliphatic heterocycles. The maximum Gasteiger partial charge on any atom is 0.101 e. The van der Waals surface area contributed by atoms with Crippen molar-refractivity contribution in [3.63, 3.8) is 0 Å². The number of hydrogen-bond donors (Lipinski definition) is 0. The second-order valence-electron chi connectivity index (χ2n) is 2.76. The number of halogens is 2. The molecule has 0 saturated carbocycles. The van der Waals surface area contributed by atoms with Crippen molar-refractivity contribution in [2.75, 3.05) is 0 Å². The van der Waals surface area contributed by atoms with E-state index in [2.05, 4.69) is 28.7 Å². The fourth-order valence-corrected chi connectivity index (χ4v) is 3.65. The van der Waals surface area contributed by atoms with Gasteiger partial charge in [0.15, 0.2) is 0 Å². The molecule has 0 bridgehead atoms. The predicted molar refractivity (Wildman–Crippen MR) is 68.8 cm³/mol. The first kappa shape index (κ1) is 10.2. The molecular weight excluding hydrogens is 329 g/mol. The van der Waals surface area contributed by atoms with E-state index >= 15 is 0 Å². The second-order valence-corrected chi connectivity index (χ2v) is 5.32. The van der Waals surface area contributed by atoms with Crippen molar-refractivity contribution < 1.29 is 0 Å². The van der Waals surface area contributed by atoms with E-state index in [-0.39, 0.29) is 0 Å². The van der Waals surface area contributed by atoms with E-state index in [1.165, 1.54) is 0 Å². The number of nitriles is 1. The molecule has 1 heterocycles. The fraction of sp³-hybridized carbons (Fsp3) is 0.100. The summed E-state index contributed by atoms with van der Waals surface area (Å²) in [6.07, 6.45) is 0. The lowest BCUT2D eigenvalue weighted by atomic mass is 10.1. The summed E-state index contributed by atoms with van der Waals surface area (Å²) in [5, 5.41) is 10.1. The van der Waals surface area contributed by atoms with Gasteiger partial charge in [-0.1, -0.05) is 6.07 Å². The number of thiophene rings is 1. The first-order valence-electron chi connectivity index (χ1n) is 3.94. The highest BCUT2D eigenvalue weighted by molar-refractivity contribution is 14.1. The van der Waals surface area contributed by atoms with Gasteiger partial charge in [-0.3, -0.25) is 0 Å². The molecule has 1 nitrogen and oxygen atoms in total. The van der Waals surface area contributed by atoms with Crippen LogP contribution in [0.1, 0.15) is 10.4 Å². The van der Waals surface area contributed by atoms with E-state index in [0.717, 1.165) is 24.1 Å². The van der Waals surface area contributed by atoms with Crippen molar-refractivity contribution in [3.8, 4) is 6.07 Å². The number of alkyl halides is 1. The number of nitrogens with zero attached hydrogens (tertiary/aromatic N) is 1. The smallest absolute Gasteiger partial charge is 0.101 e. The van der Waals surface area contributed by atoms with Crippen LogP contribution in [-0.2, 0) is 5.88 Å². The van der Waals surface area contributed by atoms with Gasteiger partial charge in [0.2, 0.25) is 0 Å². The van der Waals surface area contributed by atoms with Gasteiger partial charge in [0, 0.05) is 18.5 Å². The van der Waals surface area contributed by atoms with Gasteiger partial charge < -0.3 is 0 Å². The molecule has 0 saturated heterocycles. The van der Waals surface area contributed by atoms with Crippen LogP contribution < -0.4 is 0 Å². The quantitative estimate of drug-likeness (QED) is 0.569. The lowest BCUT2D eigenvalue weighted by Gasteiger charge is -1.93. The van der Waals surface area contributed by atoms with Crippen molar-refractivity contribution >= 4 is 55.6 Å². The van der Waals surface area contributed by atoms with Crippen molar-refractivity contribution in [1.82, 2.24) is 0 Å². The summed E-state index contributed by atoms with van der Waals surface area (Å²) in [6, 6.07) is 8.27. The molecule has 14 heavy (non-hydrogen) atoms. The summed E-state index contributed by atoms with van der Waals surface area (Å²) < 4.78 is 2.26. The minimum absolute atomic E-state index is 0.415. The van der Waals surface area contributed by atoms with Crippen LogP contribution in [0.25, 0.3) is 10.1 Å². The third-order valence-electron chi connectivity index (χ3n) is 1.97. The minimum Gasteiger partial charge on any atom is -0.192 e. The number of rotatable bonds is 1. The van der Waals surface area contributed by atoms with Crippen LogP contribution in [0.4, 0.5) is 0 Å². The molecule has 0 spiro atoms. The summed E-state index contributed by atoms with van der Waals surface area (Å²) in [7, 11) is 0. The summed E-state index contributed by atoms with van der Waals surface area (Å²) in [5.74, 6) is 0.415. The molecule has 0 radical (unpaired) electrons. The number of fused-ring (bicyclic) bond motifs is 1. The van der Waals surface area contributed by atoms with E-state index < -0.39 is 0 Å². The second kappa shape index (κ2) is 4.05. The molecule has 0 aliphatic carbocycles. The molecule has 0 fully saturated rings. The first-order valence-corrected chi connectivity index (χ1v) is 6.37. The van der Waals surface area contributed by atoms with Gasteiger partial charge in [0.05, 0.1) is 11.4 Å². The van der Waals surface area contributed by atoms with Crippen molar-refractivity contribution in [2.24, 2.45) is 0 Å². The normalized spacial score (nSPS) is 10.4. The molecular formula is C10H5ClINS. The molecule has 1 aromatic carbocycles. The van der Waals surface area contributed by atoms with E-state index in [1.807, 2.05) is 18.2 Å². The highest BCUT2D eigenvalue weighted by Crippen LogP contribution is 2.34. The van der Waals surface area contributed by atoms with Gasteiger partial charge in [-0.2, -0.15) is 5.26 Å². The zero-order valence-corrected chi connectivity index (χ0v) is 10.8. The van der Waals surface area contributed by atoms with Crippen LogP contribution in [0.3, 0.4) is 0 Å². The van der Waals surface area contributed by atoms with Crippen LogP contribution in [0.15, 0.2) is 18.2 Å². The van der Waals surface area contributed by atoms with Gasteiger partial charge in [0.25, 0.3) is 0 Å². The van der Waals surface area contributed by atoms with Gasteiger partial charge >= 0.3 is 0 Å². The maximum atomic E-state index is 9.06. The van der Waals surface area contributed by atoms with Crippen molar-refractivity contribution in [3.05, 3.63) is 32.2 Å². The molecule has 1 aromatic heterocycles. The monoisotopic (exact) mass is 333 g/mol. The molecule has 0 amide bonds. The van der Waals surface area contributed by atoms with E-state index in [9.17, 15) is 0 Å². The molecule has 0 aliphatic rings. The lowest BCUT2D eigenvalue weighted by Crippen LogP contribution is -1.79. The molecule has 4 heteroatoms. The summed E-state index contributed by atoms with van der Waals surface area (Å²) in [6.45, 7) is 0. The molecule has 0 atom stereocenters. The molecule has 70 valence electrons. The topological polar surface area (TPSA) is 23.8 Å². The first-order chi connectivity index (χ1) is 6.77. The lowest BCUT2D eigenvalue weighted by molar-refractivity contribution is 1.45. The van der Waals surface area contributed by atoms with Gasteiger partial charge in [0.1, 0.15) is 6.07 Å². The van der Waals surface area contributed by atoms with Crippen LogP contribution in [0.5, 0.6) is 0 Å². The molecule has 0 unspecified atom stereocenters. The Morgan fingerprint density at radius 3 is 2.93 bits per heavy atom. The van der Waals surface area contributed by atoms with E-state index in [1.54, 1.807) is 11.3 Å². The summed E-state index contributed by atoms with van der Waals surface area (Å²) in [5.41, 5.74) is 0.741. The standard InChI is InChI=1S/C10H5ClINS/c11-4-9-6(5-13)10-7(12)2-1-3-8(10)14-9/h1-3H,4H2.